The van der Waals surface area contributed by atoms with Crippen LogP contribution in [0.15, 0.2) is 0 Å². The molecule has 1 atom stereocenters. The van der Waals surface area contributed by atoms with Crippen molar-refractivity contribution in [1.29, 1.82) is 0 Å². The Morgan fingerprint density at radius 3 is 2.85 bits per heavy atom. The van der Waals surface area contributed by atoms with Gasteiger partial charge in [-0.05, 0) is 50.6 Å². The smallest absolute Gasteiger partial charge is 0.234 e. The summed E-state index contributed by atoms with van der Waals surface area (Å²) in [6.45, 7) is 6.26. The highest BCUT2D eigenvalue weighted by atomic mass is 16.5. The van der Waals surface area contributed by atoms with Gasteiger partial charge in [0, 0.05) is 26.7 Å². The Hall–Kier alpha value is -0.650. The monoisotopic (exact) mass is 283 g/mol. The van der Waals surface area contributed by atoms with Crippen molar-refractivity contribution < 1.29 is 9.53 Å². The summed E-state index contributed by atoms with van der Waals surface area (Å²) in [7, 11) is 1.73. The molecule has 0 aromatic carbocycles. The molecule has 0 aromatic rings. The Kier molecular flexibility index (Phi) is 6.76. The highest BCUT2D eigenvalue weighted by Crippen LogP contribution is 2.27. The van der Waals surface area contributed by atoms with Crippen LogP contribution < -0.4 is 10.6 Å². The zero-order valence-electron chi connectivity index (χ0n) is 12.7. The first-order valence-electron chi connectivity index (χ1n) is 7.96. The highest BCUT2D eigenvalue weighted by Gasteiger charge is 2.24. The molecule has 2 fully saturated rings. The van der Waals surface area contributed by atoms with Crippen LogP contribution in [0, 0.1) is 11.8 Å². The number of nitrogens with one attached hydrogen (secondary N) is 2. The van der Waals surface area contributed by atoms with Crippen molar-refractivity contribution in [2.24, 2.45) is 11.8 Å². The van der Waals surface area contributed by atoms with E-state index in [-0.39, 0.29) is 5.91 Å². The molecule has 5 heteroatoms. The molecule has 1 saturated heterocycles. The van der Waals surface area contributed by atoms with Crippen molar-refractivity contribution in [2.75, 3.05) is 53.0 Å². The molecule has 0 radical (unpaired) electrons. The van der Waals surface area contributed by atoms with Crippen LogP contribution in [0.3, 0.4) is 0 Å². The Balaban J connectivity index is 1.57. The first kappa shape index (κ1) is 15.7. The molecule has 5 nitrogen and oxygen atoms in total. The van der Waals surface area contributed by atoms with Crippen LogP contribution in [0.25, 0.3) is 0 Å². The van der Waals surface area contributed by atoms with Gasteiger partial charge >= 0.3 is 0 Å². The van der Waals surface area contributed by atoms with Gasteiger partial charge in [0.1, 0.15) is 0 Å². The first-order chi connectivity index (χ1) is 9.78. The van der Waals surface area contributed by atoms with Crippen molar-refractivity contribution in [3.63, 3.8) is 0 Å². The van der Waals surface area contributed by atoms with Gasteiger partial charge in [-0.2, -0.15) is 0 Å². The van der Waals surface area contributed by atoms with Crippen molar-refractivity contribution in [3.8, 4) is 0 Å². The van der Waals surface area contributed by atoms with E-state index in [0.29, 0.717) is 12.5 Å². The molecule has 0 aromatic heterocycles. The van der Waals surface area contributed by atoms with Crippen molar-refractivity contribution in [3.05, 3.63) is 0 Å². The van der Waals surface area contributed by atoms with E-state index in [1.54, 1.807) is 7.11 Å². The van der Waals surface area contributed by atoms with Gasteiger partial charge in [0.15, 0.2) is 0 Å². The van der Waals surface area contributed by atoms with E-state index in [2.05, 4.69) is 15.5 Å². The van der Waals surface area contributed by atoms with Gasteiger partial charge in [-0.3, -0.25) is 9.69 Å². The molecule has 1 aliphatic carbocycles. The normalized spacial score (nSPS) is 23.8. The molecule has 1 heterocycles. The fraction of sp³-hybridized carbons (Fsp3) is 0.933. The molecule has 116 valence electrons. The van der Waals surface area contributed by atoms with Crippen LogP contribution in [0.1, 0.15) is 25.7 Å². The molecule has 0 spiro atoms. The summed E-state index contributed by atoms with van der Waals surface area (Å²) in [5.74, 6) is 1.62. The average Bonchev–Trinajstić information content (AvgIpc) is 3.26. The second-order valence-corrected chi connectivity index (χ2v) is 6.19. The summed E-state index contributed by atoms with van der Waals surface area (Å²) < 4.78 is 5.03. The molecule has 1 unspecified atom stereocenters. The molecule has 0 bridgehead atoms. The number of ether oxygens (including phenoxy) is 1. The lowest BCUT2D eigenvalue weighted by Crippen LogP contribution is -2.45. The summed E-state index contributed by atoms with van der Waals surface area (Å²) in [6, 6.07) is 0. The summed E-state index contributed by atoms with van der Waals surface area (Å²) in [4.78, 5) is 14.2. The van der Waals surface area contributed by atoms with Gasteiger partial charge in [-0.1, -0.05) is 0 Å². The third-order valence-corrected chi connectivity index (χ3v) is 4.17. The standard InChI is InChI=1S/C15H29N3O2/c1-20-8-6-16-9-14-3-2-7-18(11-14)12-15(19)17-10-13-4-5-13/h13-14,16H,2-12H2,1H3,(H,17,19). The van der Waals surface area contributed by atoms with Gasteiger partial charge in [0.25, 0.3) is 0 Å². The first-order valence-corrected chi connectivity index (χ1v) is 7.96. The number of carbonyl (C=O) groups excluding carboxylic acids is 1. The number of rotatable bonds is 9. The average molecular weight is 283 g/mol. The number of hydrogen-bond donors (Lipinski definition) is 2. The maximum Gasteiger partial charge on any atom is 0.234 e. The Bertz CT molecular complexity index is 295. The minimum Gasteiger partial charge on any atom is -0.383 e. The quantitative estimate of drug-likeness (QED) is 0.604. The van der Waals surface area contributed by atoms with Gasteiger partial charge < -0.3 is 15.4 Å². The predicted molar refractivity (Wildman–Crippen MR) is 79.6 cm³/mol. The third kappa shape index (κ3) is 6.20. The molecule has 20 heavy (non-hydrogen) atoms. The molecule has 1 aliphatic heterocycles. The lowest BCUT2D eigenvalue weighted by molar-refractivity contribution is -0.122. The fourth-order valence-electron chi connectivity index (χ4n) is 2.78. The number of nitrogens with zero attached hydrogens (tertiary/aromatic N) is 1. The molecular formula is C15H29N3O2. The fourth-order valence-corrected chi connectivity index (χ4v) is 2.78. The van der Waals surface area contributed by atoms with Crippen LogP contribution in [-0.4, -0.2) is 63.8 Å². The van der Waals surface area contributed by atoms with Gasteiger partial charge in [0.2, 0.25) is 5.91 Å². The molecule has 1 saturated carbocycles. The van der Waals surface area contributed by atoms with Crippen molar-refractivity contribution in [2.45, 2.75) is 25.7 Å². The molecular weight excluding hydrogens is 254 g/mol. The third-order valence-electron chi connectivity index (χ3n) is 4.17. The van der Waals surface area contributed by atoms with Gasteiger partial charge in [0.05, 0.1) is 13.2 Å². The summed E-state index contributed by atoms with van der Waals surface area (Å²) in [5, 5.41) is 6.48. The number of methoxy groups -OCH3 is 1. The largest absolute Gasteiger partial charge is 0.383 e. The minimum absolute atomic E-state index is 0.199. The summed E-state index contributed by atoms with van der Waals surface area (Å²) in [6.07, 6.45) is 5.05. The van der Waals surface area contributed by atoms with E-state index in [0.717, 1.165) is 45.2 Å². The van der Waals surface area contributed by atoms with Gasteiger partial charge in [-0.25, -0.2) is 0 Å². The van der Waals surface area contributed by atoms with Crippen LogP contribution in [0.2, 0.25) is 0 Å². The number of likely N-dealkylation sites (tertiary alicyclic amines) is 1. The van der Waals surface area contributed by atoms with Crippen LogP contribution >= 0.6 is 0 Å². The SMILES string of the molecule is COCCNCC1CCCN(CC(=O)NCC2CC2)C1. The number of hydrogen-bond acceptors (Lipinski definition) is 4. The predicted octanol–water partition coefficient (Wildman–Crippen LogP) is 0.461. The van der Waals surface area contributed by atoms with Crippen LogP contribution in [0.5, 0.6) is 0 Å². The summed E-state index contributed by atoms with van der Waals surface area (Å²) >= 11 is 0. The number of carbonyl (C=O) groups is 1. The molecule has 2 N–H and O–H groups in total. The molecule has 2 aliphatic rings. The zero-order valence-corrected chi connectivity index (χ0v) is 12.7. The Labute approximate surface area is 122 Å². The number of amides is 1. The Morgan fingerprint density at radius 1 is 1.25 bits per heavy atom. The lowest BCUT2D eigenvalue weighted by atomic mass is 9.98. The van der Waals surface area contributed by atoms with E-state index < -0.39 is 0 Å². The molecule has 2 rings (SSSR count). The Morgan fingerprint density at radius 2 is 2.10 bits per heavy atom. The second kappa shape index (κ2) is 8.60. The lowest BCUT2D eigenvalue weighted by Gasteiger charge is -2.32. The van der Waals surface area contributed by atoms with E-state index in [9.17, 15) is 4.79 Å². The number of piperidine rings is 1. The van der Waals surface area contributed by atoms with E-state index in [1.165, 1.54) is 25.7 Å². The van der Waals surface area contributed by atoms with Crippen molar-refractivity contribution in [1.82, 2.24) is 15.5 Å². The van der Waals surface area contributed by atoms with E-state index >= 15 is 0 Å². The maximum atomic E-state index is 11.9. The van der Waals surface area contributed by atoms with Gasteiger partial charge in [-0.15, -0.1) is 0 Å². The van der Waals surface area contributed by atoms with Crippen LogP contribution in [-0.2, 0) is 9.53 Å². The molecule has 1 amide bonds. The second-order valence-electron chi connectivity index (χ2n) is 6.19. The maximum absolute atomic E-state index is 11.9. The summed E-state index contributed by atoms with van der Waals surface area (Å²) in [5.41, 5.74) is 0. The van der Waals surface area contributed by atoms with Crippen molar-refractivity contribution >= 4 is 5.91 Å². The highest BCUT2D eigenvalue weighted by molar-refractivity contribution is 5.78. The van der Waals surface area contributed by atoms with E-state index in [4.69, 9.17) is 4.74 Å². The zero-order chi connectivity index (χ0) is 14.2. The van der Waals surface area contributed by atoms with E-state index in [1.807, 2.05) is 0 Å². The van der Waals surface area contributed by atoms with Crippen LogP contribution in [0.4, 0.5) is 0 Å². The topological polar surface area (TPSA) is 53.6 Å². The minimum atomic E-state index is 0.199.